The van der Waals surface area contributed by atoms with E-state index in [1.807, 2.05) is 0 Å². The van der Waals surface area contributed by atoms with Gasteiger partial charge in [-0.3, -0.25) is 0 Å². The van der Waals surface area contributed by atoms with Gasteiger partial charge in [0, 0.05) is 0 Å². The molecule has 3 aromatic rings. The first-order chi connectivity index (χ1) is 18.2. The quantitative estimate of drug-likeness (QED) is 0.217. The zero-order valence-electron chi connectivity index (χ0n) is 24.5. The zero-order chi connectivity index (χ0) is 27.0. The Balaban J connectivity index is 1.92. The summed E-state index contributed by atoms with van der Waals surface area (Å²) in [4.78, 5) is 0. The maximum atomic E-state index is 2.60. The smallest absolute Gasteiger partial charge is 0.0839 e. The van der Waals surface area contributed by atoms with Gasteiger partial charge in [0.15, 0.2) is 8.07 Å². The lowest BCUT2D eigenvalue weighted by molar-refractivity contribution is 0.536. The molecule has 0 saturated heterocycles. The minimum absolute atomic E-state index is 0.510. The van der Waals surface area contributed by atoms with Crippen LogP contribution in [0.2, 0.25) is 5.54 Å². The van der Waals surface area contributed by atoms with Crippen LogP contribution in [0.25, 0.3) is 0 Å². The molecule has 0 radical (unpaired) electrons. The summed E-state index contributed by atoms with van der Waals surface area (Å²) < 4.78 is 0. The van der Waals surface area contributed by atoms with Crippen molar-refractivity contribution < 1.29 is 0 Å². The number of allylic oxidation sites excluding steroid dienone is 4. The predicted molar refractivity (Wildman–Crippen MR) is 169 cm³/mol. The third kappa shape index (κ3) is 4.68. The second-order valence-electron chi connectivity index (χ2n) is 12.9. The lowest BCUT2D eigenvalue weighted by atomic mass is 9.94. The molecule has 0 aliphatic heterocycles. The largest absolute Gasteiger partial charge is 0.155 e. The van der Waals surface area contributed by atoms with Gasteiger partial charge in [-0.15, -0.1) is 0 Å². The number of fused-ring (bicyclic) bond motifs is 1. The summed E-state index contributed by atoms with van der Waals surface area (Å²) in [5, 5.41) is 4.75. The highest BCUT2D eigenvalue weighted by molar-refractivity contribution is 7.12. The summed E-state index contributed by atoms with van der Waals surface area (Å²) in [6, 6.07) is 29.3. The van der Waals surface area contributed by atoms with E-state index in [4.69, 9.17) is 0 Å². The number of hydrogen-bond acceptors (Lipinski definition) is 0. The second kappa shape index (κ2) is 10.9. The van der Waals surface area contributed by atoms with Crippen molar-refractivity contribution in [2.24, 2.45) is 11.8 Å². The highest BCUT2D eigenvalue weighted by Gasteiger charge is 2.54. The van der Waals surface area contributed by atoms with Gasteiger partial charge in [-0.2, -0.15) is 0 Å². The van der Waals surface area contributed by atoms with E-state index in [1.54, 1.807) is 21.1 Å². The van der Waals surface area contributed by atoms with Crippen LogP contribution in [0.15, 0.2) is 96.6 Å². The van der Waals surface area contributed by atoms with E-state index in [1.165, 1.54) is 29.5 Å². The molecule has 1 heteroatoms. The molecule has 1 saturated carbocycles. The molecule has 198 valence electrons. The average molecular weight is 519 g/mol. The molecular formula is C37H46Si. The van der Waals surface area contributed by atoms with E-state index in [-0.39, 0.29) is 0 Å². The average Bonchev–Trinajstić information content (AvgIpc) is 3.26. The van der Waals surface area contributed by atoms with Crippen LogP contribution in [0.3, 0.4) is 0 Å². The summed E-state index contributed by atoms with van der Waals surface area (Å²) >= 11 is 0. The fourth-order valence-corrected chi connectivity index (χ4v) is 13.5. The van der Waals surface area contributed by atoms with Crippen LogP contribution >= 0.6 is 0 Å². The first-order valence-electron chi connectivity index (χ1n) is 14.9. The van der Waals surface area contributed by atoms with E-state index in [0.717, 1.165) is 0 Å². The van der Waals surface area contributed by atoms with Gasteiger partial charge < -0.3 is 0 Å². The molecule has 2 aliphatic rings. The molecule has 0 heterocycles. The van der Waals surface area contributed by atoms with Crippen molar-refractivity contribution in [1.29, 1.82) is 0 Å². The molecule has 3 aromatic carbocycles. The normalized spacial score (nSPS) is 21.3. The van der Waals surface area contributed by atoms with Gasteiger partial charge >= 0.3 is 0 Å². The highest BCUT2D eigenvalue weighted by Crippen LogP contribution is 2.52. The van der Waals surface area contributed by atoms with Crippen molar-refractivity contribution in [3.05, 3.63) is 113 Å². The van der Waals surface area contributed by atoms with Crippen molar-refractivity contribution in [1.82, 2.24) is 0 Å². The molecule has 3 atom stereocenters. The van der Waals surface area contributed by atoms with Gasteiger partial charge in [-0.25, -0.2) is 0 Å². The van der Waals surface area contributed by atoms with Gasteiger partial charge in [-0.05, 0) is 80.2 Å². The Morgan fingerprint density at radius 2 is 1.11 bits per heavy atom. The summed E-state index contributed by atoms with van der Waals surface area (Å²) in [6.45, 7) is 16.6. The molecule has 3 unspecified atom stereocenters. The van der Waals surface area contributed by atoms with Crippen LogP contribution in [0.4, 0.5) is 0 Å². The van der Waals surface area contributed by atoms with Crippen LogP contribution in [0.1, 0.15) is 95.8 Å². The fourth-order valence-electron chi connectivity index (χ4n) is 7.34. The summed E-state index contributed by atoms with van der Waals surface area (Å²) in [6.07, 6.45) is 9.74. The van der Waals surface area contributed by atoms with Crippen molar-refractivity contribution in [3.8, 4) is 0 Å². The Morgan fingerprint density at radius 3 is 1.53 bits per heavy atom. The van der Waals surface area contributed by atoms with E-state index in [0.29, 0.717) is 35.1 Å². The molecule has 38 heavy (non-hydrogen) atoms. The van der Waals surface area contributed by atoms with E-state index in [2.05, 4.69) is 139 Å². The minimum atomic E-state index is -2.50. The van der Waals surface area contributed by atoms with Crippen molar-refractivity contribution >= 4 is 23.6 Å². The van der Waals surface area contributed by atoms with Crippen molar-refractivity contribution in [2.45, 2.75) is 84.6 Å². The third-order valence-corrected chi connectivity index (χ3v) is 14.9. The number of rotatable bonds is 7. The van der Waals surface area contributed by atoms with Crippen LogP contribution in [0.5, 0.6) is 0 Å². The Kier molecular flexibility index (Phi) is 7.69. The summed E-state index contributed by atoms with van der Waals surface area (Å²) in [7, 11) is -2.50. The summed E-state index contributed by atoms with van der Waals surface area (Å²) in [5.74, 6) is 2.86. The van der Waals surface area contributed by atoms with Gasteiger partial charge in [0.25, 0.3) is 0 Å². The Hall–Kier alpha value is -2.64. The summed E-state index contributed by atoms with van der Waals surface area (Å²) in [5.41, 5.74) is 6.63. The number of hydrogen-bond donors (Lipinski definition) is 0. The lowest BCUT2D eigenvalue weighted by Crippen LogP contribution is -2.70. The molecule has 5 rings (SSSR count). The van der Waals surface area contributed by atoms with E-state index < -0.39 is 8.07 Å². The topological polar surface area (TPSA) is 0 Å². The molecule has 0 N–H and O–H groups in total. The first kappa shape index (κ1) is 26.9. The third-order valence-electron chi connectivity index (χ3n) is 9.39. The van der Waals surface area contributed by atoms with Crippen molar-refractivity contribution in [3.63, 3.8) is 0 Å². The van der Waals surface area contributed by atoms with Gasteiger partial charge in [0.2, 0.25) is 0 Å². The SMILES string of the molecule is CC(C)c1cccc([Si](c2cccc(C(C)C)c2)(c2cccc(C(C)C)c2)C2C3=CC=CCC3CC2C)c1. The van der Waals surface area contributed by atoms with Crippen LogP contribution in [-0.2, 0) is 0 Å². The molecule has 0 aromatic heterocycles. The van der Waals surface area contributed by atoms with E-state index in [9.17, 15) is 0 Å². The molecule has 2 aliphatic carbocycles. The Morgan fingerprint density at radius 1 is 0.658 bits per heavy atom. The van der Waals surface area contributed by atoms with E-state index >= 15 is 0 Å². The van der Waals surface area contributed by atoms with Crippen LogP contribution < -0.4 is 15.6 Å². The molecule has 0 bridgehead atoms. The molecule has 0 spiro atoms. The fraction of sp³-hybridized carbons (Fsp3) is 0.405. The van der Waals surface area contributed by atoms with Gasteiger partial charge in [-0.1, -0.05) is 145 Å². The maximum Gasteiger partial charge on any atom is 0.155 e. The van der Waals surface area contributed by atoms with Crippen LogP contribution in [-0.4, -0.2) is 8.07 Å². The van der Waals surface area contributed by atoms with Gasteiger partial charge in [0.1, 0.15) is 0 Å². The molecule has 1 fully saturated rings. The highest BCUT2D eigenvalue weighted by atomic mass is 28.3. The Bertz CT molecular complexity index is 1210. The predicted octanol–water partition coefficient (Wildman–Crippen LogP) is 8.44. The second-order valence-corrected chi connectivity index (χ2v) is 16.8. The van der Waals surface area contributed by atoms with Gasteiger partial charge in [0.05, 0.1) is 0 Å². The molecule has 0 amide bonds. The molecule has 0 nitrogen and oxygen atoms in total. The maximum absolute atomic E-state index is 2.60. The van der Waals surface area contributed by atoms with Crippen LogP contribution in [0, 0.1) is 11.8 Å². The van der Waals surface area contributed by atoms with Crippen molar-refractivity contribution in [2.75, 3.05) is 0 Å². The minimum Gasteiger partial charge on any atom is -0.0839 e. The zero-order valence-corrected chi connectivity index (χ0v) is 25.5. The lowest BCUT2D eigenvalue weighted by Gasteiger charge is -2.43. The number of benzene rings is 3. The first-order valence-corrected chi connectivity index (χ1v) is 17.0. The molecular weight excluding hydrogens is 472 g/mol. The standard InChI is InChI=1S/C37H46Si/c1-25(2)29-14-10-17-33(22-29)38(34-18-11-15-30(23-34)26(3)4,35-19-12-16-31(24-35)27(5)6)37-28(7)21-32-13-8-9-20-36(32)37/h8-12,14-20,22-28,32,37H,13,21H2,1-7H3. The monoisotopic (exact) mass is 518 g/mol. The Labute approximate surface area is 232 Å².